The average molecular weight is 310 g/mol. The molecule has 1 heterocycles. The number of carbonyl (C=O) groups excluding carboxylic acids is 1. The van der Waals surface area contributed by atoms with E-state index in [9.17, 15) is 4.79 Å². The van der Waals surface area contributed by atoms with E-state index in [0.717, 1.165) is 25.1 Å². The van der Waals surface area contributed by atoms with Crippen molar-refractivity contribution in [3.05, 3.63) is 59.7 Å². The van der Waals surface area contributed by atoms with Crippen molar-refractivity contribution in [2.45, 2.75) is 25.8 Å². The van der Waals surface area contributed by atoms with Crippen molar-refractivity contribution in [1.82, 2.24) is 0 Å². The van der Waals surface area contributed by atoms with E-state index in [2.05, 4.69) is 34.9 Å². The number of fused-ring (bicyclic) bond motifs is 1. The van der Waals surface area contributed by atoms with Crippen LogP contribution in [0.25, 0.3) is 0 Å². The molecule has 0 saturated heterocycles. The zero-order valence-electron chi connectivity index (χ0n) is 13.3. The minimum Gasteiger partial charge on any atom is -0.462 e. The van der Waals surface area contributed by atoms with Gasteiger partial charge in [-0.25, -0.2) is 4.79 Å². The van der Waals surface area contributed by atoms with Gasteiger partial charge in [-0.15, -0.1) is 0 Å². The van der Waals surface area contributed by atoms with Crippen LogP contribution in [0.5, 0.6) is 0 Å². The van der Waals surface area contributed by atoms with E-state index in [-0.39, 0.29) is 5.97 Å². The van der Waals surface area contributed by atoms with Gasteiger partial charge in [0, 0.05) is 24.0 Å². The van der Waals surface area contributed by atoms with Gasteiger partial charge in [0.25, 0.3) is 0 Å². The molecular formula is C19H22N2O2. The molecule has 3 rings (SSSR count). The lowest BCUT2D eigenvalue weighted by Crippen LogP contribution is -2.32. The number of para-hydroxylation sites is 1. The Kier molecular flexibility index (Phi) is 4.81. The monoisotopic (exact) mass is 310 g/mol. The molecular weight excluding hydrogens is 288 g/mol. The summed E-state index contributed by atoms with van der Waals surface area (Å²) in [5.74, 6) is -0.274. The number of hydrogen-bond donors (Lipinski definition) is 2. The Labute approximate surface area is 136 Å². The van der Waals surface area contributed by atoms with Crippen LogP contribution >= 0.6 is 0 Å². The highest BCUT2D eigenvalue weighted by atomic mass is 16.5. The number of carbonyl (C=O) groups is 1. The van der Waals surface area contributed by atoms with E-state index in [1.807, 2.05) is 19.1 Å². The Morgan fingerprint density at radius 2 is 2.00 bits per heavy atom. The van der Waals surface area contributed by atoms with Gasteiger partial charge in [0.2, 0.25) is 0 Å². The van der Waals surface area contributed by atoms with Crippen molar-refractivity contribution in [3.63, 3.8) is 0 Å². The van der Waals surface area contributed by atoms with Gasteiger partial charge in [-0.1, -0.05) is 18.2 Å². The van der Waals surface area contributed by atoms with Crippen LogP contribution in [-0.4, -0.2) is 25.2 Å². The van der Waals surface area contributed by atoms with Gasteiger partial charge in [0.1, 0.15) is 0 Å². The first-order valence-electron chi connectivity index (χ1n) is 8.12. The number of esters is 1. The molecule has 2 aromatic rings. The second-order valence-electron chi connectivity index (χ2n) is 5.72. The van der Waals surface area contributed by atoms with Gasteiger partial charge in [0.15, 0.2) is 0 Å². The molecule has 0 aliphatic carbocycles. The van der Waals surface area contributed by atoms with Gasteiger partial charge >= 0.3 is 5.97 Å². The molecule has 0 spiro atoms. The predicted octanol–water partition coefficient (Wildman–Crippen LogP) is 3.70. The Hall–Kier alpha value is -2.49. The fourth-order valence-corrected chi connectivity index (χ4v) is 2.83. The van der Waals surface area contributed by atoms with E-state index in [1.54, 1.807) is 12.1 Å². The third-order valence-corrected chi connectivity index (χ3v) is 4.09. The van der Waals surface area contributed by atoms with Crippen LogP contribution in [0.1, 0.15) is 29.3 Å². The second-order valence-corrected chi connectivity index (χ2v) is 5.72. The summed E-state index contributed by atoms with van der Waals surface area (Å²) in [7, 11) is 0. The first-order valence-corrected chi connectivity index (χ1v) is 8.12. The third kappa shape index (κ3) is 3.83. The van der Waals surface area contributed by atoms with Crippen LogP contribution in [0.15, 0.2) is 48.5 Å². The zero-order chi connectivity index (χ0) is 16.1. The summed E-state index contributed by atoms with van der Waals surface area (Å²) in [4.78, 5) is 11.6. The Bertz CT molecular complexity index is 667. The number of anilines is 2. The number of aryl methyl sites for hydroxylation is 1. The van der Waals surface area contributed by atoms with Crippen LogP contribution in [0, 0.1) is 0 Å². The fraction of sp³-hybridized carbons (Fsp3) is 0.316. The second kappa shape index (κ2) is 7.18. The minimum absolute atomic E-state index is 0.274. The highest BCUT2D eigenvalue weighted by molar-refractivity contribution is 5.89. The molecule has 2 aromatic carbocycles. The predicted molar refractivity (Wildman–Crippen MR) is 93.1 cm³/mol. The van der Waals surface area contributed by atoms with Gasteiger partial charge in [-0.2, -0.15) is 0 Å². The third-order valence-electron chi connectivity index (χ3n) is 4.09. The van der Waals surface area contributed by atoms with Crippen molar-refractivity contribution in [1.29, 1.82) is 0 Å². The molecule has 0 radical (unpaired) electrons. The molecule has 0 fully saturated rings. The molecule has 2 N–H and O–H groups in total. The summed E-state index contributed by atoms with van der Waals surface area (Å²) < 4.78 is 4.99. The summed E-state index contributed by atoms with van der Waals surface area (Å²) in [5.41, 5.74) is 4.23. The van der Waals surface area contributed by atoms with Crippen molar-refractivity contribution in [2.75, 3.05) is 23.8 Å². The number of ether oxygens (including phenoxy) is 1. The Morgan fingerprint density at radius 1 is 1.22 bits per heavy atom. The summed E-state index contributed by atoms with van der Waals surface area (Å²) in [6.07, 6.45) is 2.22. The normalized spacial score (nSPS) is 16.1. The van der Waals surface area contributed by atoms with Crippen molar-refractivity contribution >= 4 is 17.3 Å². The molecule has 1 atom stereocenters. The molecule has 4 heteroatoms. The number of hydrogen-bond acceptors (Lipinski definition) is 4. The molecule has 4 nitrogen and oxygen atoms in total. The lowest BCUT2D eigenvalue weighted by atomic mass is 9.98. The lowest BCUT2D eigenvalue weighted by Gasteiger charge is -2.27. The fourth-order valence-electron chi connectivity index (χ4n) is 2.83. The lowest BCUT2D eigenvalue weighted by molar-refractivity contribution is 0.0526. The zero-order valence-corrected chi connectivity index (χ0v) is 13.3. The van der Waals surface area contributed by atoms with Crippen LogP contribution < -0.4 is 10.6 Å². The largest absolute Gasteiger partial charge is 0.462 e. The van der Waals surface area contributed by atoms with Crippen LogP contribution in [0.2, 0.25) is 0 Å². The highest BCUT2D eigenvalue weighted by Crippen LogP contribution is 2.24. The smallest absolute Gasteiger partial charge is 0.338 e. The topological polar surface area (TPSA) is 50.4 Å². The standard InChI is InChI=1S/C19H22N2O2/c1-2-23-19(22)15-8-10-16(11-9-15)20-13-17-12-7-14-5-3-4-6-18(14)21-17/h3-6,8-11,17,20-21H,2,7,12-13H2,1H3/t17-/m0/s1. The Balaban J connectivity index is 1.54. The van der Waals surface area contributed by atoms with Crippen molar-refractivity contribution in [2.24, 2.45) is 0 Å². The van der Waals surface area contributed by atoms with Gasteiger partial charge in [-0.3, -0.25) is 0 Å². The molecule has 0 aromatic heterocycles. The molecule has 0 saturated carbocycles. The van der Waals surface area contributed by atoms with Crippen LogP contribution in [0.3, 0.4) is 0 Å². The summed E-state index contributed by atoms with van der Waals surface area (Å²) in [5, 5.41) is 7.01. The number of benzene rings is 2. The van der Waals surface area contributed by atoms with E-state index < -0.39 is 0 Å². The van der Waals surface area contributed by atoms with E-state index in [1.165, 1.54) is 11.3 Å². The molecule has 1 aliphatic heterocycles. The molecule has 0 unspecified atom stereocenters. The maximum absolute atomic E-state index is 11.6. The van der Waals surface area contributed by atoms with E-state index in [0.29, 0.717) is 18.2 Å². The van der Waals surface area contributed by atoms with Gasteiger partial charge in [-0.05, 0) is 55.7 Å². The van der Waals surface area contributed by atoms with Crippen LogP contribution in [0.4, 0.5) is 11.4 Å². The summed E-state index contributed by atoms with van der Waals surface area (Å²) in [6, 6.07) is 16.3. The van der Waals surface area contributed by atoms with Crippen LogP contribution in [-0.2, 0) is 11.2 Å². The SMILES string of the molecule is CCOC(=O)c1ccc(NC[C@@H]2CCc3ccccc3N2)cc1. The number of nitrogens with one attached hydrogen (secondary N) is 2. The first kappa shape index (κ1) is 15.4. The molecule has 0 amide bonds. The molecule has 1 aliphatic rings. The minimum atomic E-state index is -0.274. The molecule has 0 bridgehead atoms. The quantitative estimate of drug-likeness (QED) is 0.827. The molecule has 23 heavy (non-hydrogen) atoms. The van der Waals surface area contributed by atoms with Gasteiger partial charge < -0.3 is 15.4 Å². The maximum atomic E-state index is 11.6. The highest BCUT2D eigenvalue weighted by Gasteiger charge is 2.16. The first-order chi connectivity index (χ1) is 11.3. The summed E-state index contributed by atoms with van der Waals surface area (Å²) in [6.45, 7) is 3.06. The molecule has 120 valence electrons. The Morgan fingerprint density at radius 3 is 2.78 bits per heavy atom. The average Bonchev–Trinajstić information content (AvgIpc) is 2.60. The van der Waals surface area contributed by atoms with E-state index >= 15 is 0 Å². The van der Waals surface area contributed by atoms with Crippen molar-refractivity contribution < 1.29 is 9.53 Å². The van der Waals surface area contributed by atoms with Gasteiger partial charge in [0.05, 0.1) is 12.2 Å². The number of rotatable bonds is 5. The van der Waals surface area contributed by atoms with E-state index in [4.69, 9.17) is 4.74 Å². The van der Waals surface area contributed by atoms with Crippen molar-refractivity contribution in [3.8, 4) is 0 Å². The summed E-state index contributed by atoms with van der Waals surface area (Å²) >= 11 is 0. The maximum Gasteiger partial charge on any atom is 0.338 e.